The van der Waals surface area contributed by atoms with Crippen molar-refractivity contribution in [2.24, 2.45) is 0 Å². The zero-order chi connectivity index (χ0) is 21.2. The minimum absolute atomic E-state index is 0.339. The summed E-state index contributed by atoms with van der Waals surface area (Å²) in [5.41, 5.74) is 0.00935. The number of carboxylic acids is 1. The lowest BCUT2D eigenvalue weighted by molar-refractivity contribution is -0.145. The van der Waals surface area contributed by atoms with E-state index in [4.69, 9.17) is 4.74 Å². The topological polar surface area (TPSA) is 49.8 Å². The number of benzene rings is 2. The minimum Gasteiger partial charge on any atom is -0.496 e. The molecule has 2 aromatic rings. The number of piperidine rings is 1. The highest BCUT2D eigenvalue weighted by Crippen LogP contribution is 2.40. The van der Waals surface area contributed by atoms with E-state index in [2.05, 4.69) is 0 Å². The van der Waals surface area contributed by atoms with Gasteiger partial charge < -0.3 is 9.84 Å². The number of ether oxygens (including phenoxy) is 1. The number of rotatable bonds is 5. The van der Waals surface area contributed by atoms with Crippen LogP contribution in [0.2, 0.25) is 0 Å². The van der Waals surface area contributed by atoms with E-state index in [-0.39, 0.29) is 0 Å². The first-order valence-corrected chi connectivity index (χ1v) is 9.21. The van der Waals surface area contributed by atoms with Crippen molar-refractivity contribution in [3.05, 3.63) is 65.0 Å². The van der Waals surface area contributed by atoms with E-state index in [1.54, 1.807) is 4.90 Å². The Hall–Kier alpha value is -2.61. The first kappa shape index (κ1) is 21.1. The van der Waals surface area contributed by atoms with Gasteiger partial charge in [-0.1, -0.05) is 18.6 Å². The summed E-state index contributed by atoms with van der Waals surface area (Å²) in [6.45, 7) is 0.419. The Morgan fingerprint density at radius 2 is 1.86 bits per heavy atom. The van der Waals surface area contributed by atoms with Crippen LogP contribution in [0.25, 0.3) is 0 Å². The Morgan fingerprint density at radius 3 is 2.45 bits per heavy atom. The van der Waals surface area contributed by atoms with Gasteiger partial charge in [-0.3, -0.25) is 9.69 Å². The largest absolute Gasteiger partial charge is 0.496 e. The average Bonchev–Trinajstić information content (AvgIpc) is 2.68. The molecule has 1 saturated heterocycles. The quantitative estimate of drug-likeness (QED) is 0.713. The SMILES string of the molecule is COc1ccc(F)cc1C(c1ccc(C(F)(F)F)cc1)N1CCCCC1C(=O)O. The van der Waals surface area contributed by atoms with Gasteiger partial charge >= 0.3 is 12.1 Å². The summed E-state index contributed by atoms with van der Waals surface area (Å²) >= 11 is 0. The highest BCUT2D eigenvalue weighted by Gasteiger charge is 2.37. The van der Waals surface area contributed by atoms with E-state index in [1.807, 2.05) is 0 Å². The Kier molecular flexibility index (Phi) is 6.12. The molecule has 2 aromatic carbocycles. The summed E-state index contributed by atoms with van der Waals surface area (Å²) in [6, 6.07) is 6.83. The fraction of sp³-hybridized carbons (Fsp3) is 0.381. The second-order valence-electron chi connectivity index (χ2n) is 7.00. The fourth-order valence-electron chi connectivity index (χ4n) is 3.85. The van der Waals surface area contributed by atoms with Gasteiger partial charge in [-0.25, -0.2) is 4.39 Å². The zero-order valence-corrected chi connectivity index (χ0v) is 15.7. The van der Waals surface area contributed by atoms with E-state index in [9.17, 15) is 27.5 Å². The van der Waals surface area contributed by atoms with Crippen molar-refractivity contribution in [2.75, 3.05) is 13.7 Å². The van der Waals surface area contributed by atoms with Crippen molar-refractivity contribution in [1.82, 2.24) is 4.90 Å². The third kappa shape index (κ3) is 4.53. The van der Waals surface area contributed by atoms with Crippen LogP contribution in [0.15, 0.2) is 42.5 Å². The van der Waals surface area contributed by atoms with Crippen molar-refractivity contribution in [3.8, 4) is 5.75 Å². The summed E-state index contributed by atoms with van der Waals surface area (Å²) in [7, 11) is 1.41. The number of hydrogen-bond donors (Lipinski definition) is 1. The number of hydrogen-bond acceptors (Lipinski definition) is 3. The Morgan fingerprint density at radius 1 is 1.17 bits per heavy atom. The molecule has 1 fully saturated rings. The Bertz CT molecular complexity index is 867. The molecular weight excluding hydrogens is 390 g/mol. The van der Waals surface area contributed by atoms with Gasteiger partial charge in [-0.15, -0.1) is 0 Å². The molecule has 1 N–H and O–H groups in total. The lowest BCUT2D eigenvalue weighted by Gasteiger charge is -2.40. The molecule has 2 atom stereocenters. The number of nitrogens with zero attached hydrogens (tertiary/aromatic N) is 1. The van der Waals surface area contributed by atoms with Crippen LogP contribution in [0.5, 0.6) is 5.75 Å². The van der Waals surface area contributed by atoms with E-state index < -0.39 is 35.6 Å². The Balaban J connectivity index is 2.14. The van der Waals surface area contributed by atoms with Crippen molar-refractivity contribution in [3.63, 3.8) is 0 Å². The van der Waals surface area contributed by atoms with Crippen molar-refractivity contribution < 1.29 is 32.2 Å². The summed E-state index contributed by atoms with van der Waals surface area (Å²) in [5.74, 6) is -1.22. The van der Waals surface area contributed by atoms with Gasteiger partial charge in [0.05, 0.1) is 18.7 Å². The van der Waals surface area contributed by atoms with Crippen molar-refractivity contribution >= 4 is 5.97 Å². The maximum absolute atomic E-state index is 14.1. The molecule has 0 aliphatic carbocycles. The van der Waals surface area contributed by atoms with Crippen LogP contribution in [0, 0.1) is 5.82 Å². The normalized spacial score (nSPS) is 19.0. The molecular formula is C21H21F4NO3. The van der Waals surface area contributed by atoms with Crippen LogP contribution in [0.1, 0.15) is 42.0 Å². The van der Waals surface area contributed by atoms with E-state index in [0.717, 1.165) is 25.0 Å². The predicted molar refractivity (Wildman–Crippen MR) is 98.2 cm³/mol. The highest BCUT2D eigenvalue weighted by molar-refractivity contribution is 5.73. The van der Waals surface area contributed by atoms with Gasteiger partial charge in [0.1, 0.15) is 17.6 Å². The maximum Gasteiger partial charge on any atom is 0.416 e. The van der Waals surface area contributed by atoms with Gasteiger partial charge in [0.2, 0.25) is 0 Å². The average molecular weight is 411 g/mol. The first-order chi connectivity index (χ1) is 13.7. The van der Waals surface area contributed by atoms with Crippen LogP contribution in [0.3, 0.4) is 0 Å². The molecule has 156 valence electrons. The summed E-state index contributed by atoms with van der Waals surface area (Å²) in [4.78, 5) is 13.5. The van der Waals surface area contributed by atoms with Crippen LogP contribution < -0.4 is 4.74 Å². The van der Waals surface area contributed by atoms with Crippen LogP contribution in [-0.2, 0) is 11.0 Å². The maximum atomic E-state index is 14.1. The van der Waals surface area contributed by atoms with Gasteiger partial charge in [0.25, 0.3) is 0 Å². The monoisotopic (exact) mass is 411 g/mol. The minimum atomic E-state index is -4.49. The molecule has 4 nitrogen and oxygen atoms in total. The molecule has 0 saturated carbocycles. The second-order valence-corrected chi connectivity index (χ2v) is 7.00. The number of likely N-dealkylation sites (tertiary alicyclic amines) is 1. The van der Waals surface area contributed by atoms with Crippen molar-refractivity contribution in [2.45, 2.75) is 37.5 Å². The highest BCUT2D eigenvalue weighted by atomic mass is 19.4. The third-order valence-corrected chi connectivity index (χ3v) is 5.20. The molecule has 0 bridgehead atoms. The number of halogens is 4. The van der Waals surface area contributed by atoms with E-state index in [0.29, 0.717) is 29.8 Å². The second kappa shape index (κ2) is 8.41. The van der Waals surface area contributed by atoms with Gasteiger partial charge in [-0.05, 0) is 55.3 Å². The molecule has 0 aromatic heterocycles. The molecule has 8 heteroatoms. The summed E-state index contributed by atoms with van der Waals surface area (Å²) < 4.78 is 58.4. The molecule has 0 spiro atoms. The zero-order valence-electron chi connectivity index (χ0n) is 15.7. The number of carboxylic acid groups (broad SMARTS) is 1. The molecule has 1 aliphatic rings. The number of carbonyl (C=O) groups is 1. The fourth-order valence-corrected chi connectivity index (χ4v) is 3.85. The molecule has 1 aliphatic heterocycles. The third-order valence-electron chi connectivity index (χ3n) is 5.20. The molecule has 1 heterocycles. The van der Waals surface area contributed by atoms with E-state index >= 15 is 0 Å². The van der Waals surface area contributed by atoms with E-state index in [1.165, 1.54) is 37.4 Å². The lowest BCUT2D eigenvalue weighted by atomic mass is 9.90. The predicted octanol–water partition coefficient (Wildman–Crippen LogP) is 4.88. The van der Waals surface area contributed by atoms with Gasteiger partial charge in [0, 0.05) is 5.56 Å². The standard InChI is InChI=1S/C21H21F4NO3/c1-29-18-10-9-15(22)12-16(18)19(26-11-3-2-4-17(26)20(27)28)13-5-7-14(8-6-13)21(23,24)25/h5-10,12,17,19H,2-4,11H2,1H3,(H,27,28). The lowest BCUT2D eigenvalue weighted by Crippen LogP contribution is -2.47. The first-order valence-electron chi connectivity index (χ1n) is 9.21. The van der Waals surface area contributed by atoms with Crippen LogP contribution in [0.4, 0.5) is 17.6 Å². The smallest absolute Gasteiger partial charge is 0.416 e. The number of aliphatic carboxylic acids is 1. The molecule has 3 rings (SSSR count). The number of alkyl halides is 3. The Labute approximate surface area is 165 Å². The molecule has 0 radical (unpaired) electrons. The van der Waals surface area contributed by atoms with Crippen molar-refractivity contribution in [1.29, 1.82) is 0 Å². The summed E-state index contributed by atoms with van der Waals surface area (Å²) in [5, 5.41) is 9.69. The summed E-state index contributed by atoms with van der Waals surface area (Å²) in [6.07, 6.45) is -2.62. The van der Waals surface area contributed by atoms with Crippen LogP contribution in [-0.4, -0.2) is 35.7 Å². The van der Waals surface area contributed by atoms with Gasteiger partial charge in [-0.2, -0.15) is 13.2 Å². The van der Waals surface area contributed by atoms with Gasteiger partial charge in [0.15, 0.2) is 0 Å². The number of methoxy groups -OCH3 is 1. The van der Waals surface area contributed by atoms with Crippen LogP contribution >= 0.6 is 0 Å². The molecule has 29 heavy (non-hydrogen) atoms. The molecule has 0 amide bonds. The molecule has 2 unspecified atom stereocenters.